The number of thioether (sulfide) groups is 1. The van der Waals surface area contributed by atoms with Crippen LogP contribution in [0.2, 0.25) is 5.02 Å². The molecule has 0 radical (unpaired) electrons. The second kappa shape index (κ2) is 5.34. The smallest absolute Gasteiger partial charge is 0.224 e. The molecule has 5 heteroatoms. The zero-order valence-corrected chi connectivity index (χ0v) is 13.6. The van der Waals surface area contributed by atoms with Gasteiger partial charge in [-0.05, 0) is 43.9 Å². The molecule has 1 aromatic carbocycles. The first-order chi connectivity index (χ1) is 9.94. The number of hydrogen-bond donors (Lipinski definition) is 1. The summed E-state index contributed by atoms with van der Waals surface area (Å²) in [6.45, 7) is 4.93. The number of aryl methyl sites for hydroxylation is 2. The molecule has 1 unspecified atom stereocenters. The Hall–Kier alpha value is -0.970. The van der Waals surface area contributed by atoms with Gasteiger partial charge in [-0.3, -0.25) is 4.79 Å². The standard InChI is InChI=1S/C16H17ClO3S/c1-9-6-10(2)12(11(17)7-9)13-14(18)16(21-15(13)19)4-3-5-20-8-16/h6-7,18H,3-5,8H2,1-2H3. The molecule has 0 aromatic heterocycles. The Balaban J connectivity index is 2.15. The highest BCUT2D eigenvalue weighted by Gasteiger charge is 2.49. The number of rotatable bonds is 1. The molecule has 112 valence electrons. The van der Waals surface area contributed by atoms with Crippen molar-refractivity contribution in [3.05, 3.63) is 39.6 Å². The molecule has 0 aliphatic carbocycles. The second-order valence-corrected chi connectivity index (χ2v) is 7.47. The summed E-state index contributed by atoms with van der Waals surface area (Å²) >= 11 is 7.51. The van der Waals surface area contributed by atoms with Crippen molar-refractivity contribution in [2.75, 3.05) is 13.2 Å². The number of aliphatic hydroxyl groups excluding tert-OH is 1. The van der Waals surface area contributed by atoms with E-state index < -0.39 is 4.75 Å². The average molecular weight is 325 g/mol. The van der Waals surface area contributed by atoms with Crippen LogP contribution in [0.1, 0.15) is 29.5 Å². The van der Waals surface area contributed by atoms with E-state index in [0.717, 1.165) is 24.0 Å². The molecule has 1 atom stereocenters. The van der Waals surface area contributed by atoms with Gasteiger partial charge in [0.25, 0.3) is 0 Å². The minimum absolute atomic E-state index is 0.119. The van der Waals surface area contributed by atoms with E-state index in [0.29, 0.717) is 29.4 Å². The Morgan fingerprint density at radius 2 is 2.14 bits per heavy atom. The monoisotopic (exact) mass is 324 g/mol. The highest BCUT2D eigenvalue weighted by Crippen LogP contribution is 2.51. The maximum Gasteiger partial charge on any atom is 0.224 e. The third-order valence-electron chi connectivity index (χ3n) is 4.05. The Morgan fingerprint density at radius 1 is 1.38 bits per heavy atom. The Labute approximate surface area is 133 Å². The number of aliphatic hydroxyl groups is 1. The van der Waals surface area contributed by atoms with E-state index in [1.54, 1.807) is 0 Å². The minimum Gasteiger partial charge on any atom is -0.510 e. The molecular formula is C16H17ClO3S. The summed E-state index contributed by atoms with van der Waals surface area (Å²) < 4.78 is 4.87. The number of carbonyl (C=O) groups excluding carboxylic acids is 1. The first-order valence-electron chi connectivity index (χ1n) is 6.96. The fourth-order valence-electron chi connectivity index (χ4n) is 3.09. The summed E-state index contributed by atoms with van der Waals surface area (Å²) in [5.41, 5.74) is 2.95. The molecule has 1 N–H and O–H groups in total. The number of hydrogen-bond acceptors (Lipinski definition) is 4. The van der Waals surface area contributed by atoms with Gasteiger partial charge in [0.2, 0.25) is 5.12 Å². The molecule has 0 bridgehead atoms. The lowest BCUT2D eigenvalue weighted by atomic mass is 9.91. The molecule has 2 heterocycles. The lowest BCUT2D eigenvalue weighted by Gasteiger charge is -2.31. The average Bonchev–Trinajstić information content (AvgIpc) is 2.63. The molecule has 2 aliphatic rings. The van der Waals surface area contributed by atoms with Gasteiger partial charge in [-0.2, -0.15) is 0 Å². The maximum absolute atomic E-state index is 12.5. The molecule has 3 rings (SSSR count). The largest absolute Gasteiger partial charge is 0.510 e. The van der Waals surface area contributed by atoms with E-state index in [1.165, 1.54) is 11.8 Å². The SMILES string of the molecule is Cc1cc(C)c(C2=C(O)C3(CCCOC3)SC2=O)c(Cl)c1. The topological polar surface area (TPSA) is 46.5 Å². The highest BCUT2D eigenvalue weighted by atomic mass is 35.5. The molecule has 2 aliphatic heterocycles. The number of benzene rings is 1. The lowest BCUT2D eigenvalue weighted by Crippen LogP contribution is -2.35. The molecule has 1 spiro atoms. The fraction of sp³-hybridized carbons (Fsp3) is 0.438. The van der Waals surface area contributed by atoms with Crippen LogP contribution in [0.4, 0.5) is 0 Å². The van der Waals surface area contributed by atoms with Crippen LogP contribution in [0.15, 0.2) is 17.9 Å². The van der Waals surface area contributed by atoms with Gasteiger partial charge in [0, 0.05) is 17.2 Å². The van der Waals surface area contributed by atoms with Gasteiger partial charge in [0.05, 0.1) is 12.2 Å². The number of halogens is 1. The first kappa shape index (κ1) is 14.9. The van der Waals surface area contributed by atoms with Crippen LogP contribution in [0.5, 0.6) is 0 Å². The minimum atomic E-state index is -0.620. The van der Waals surface area contributed by atoms with Gasteiger partial charge in [-0.25, -0.2) is 0 Å². The molecule has 0 amide bonds. The van der Waals surface area contributed by atoms with Gasteiger partial charge < -0.3 is 9.84 Å². The van der Waals surface area contributed by atoms with Crippen LogP contribution in [0, 0.1) is 13.8 Å². The zero-order valence-electron chi connectivity index (χ0n) is 12.0. The summed E-state index contributed by atoms with van der Waals surface area (Å²) in [5, 5.41) is 11.1. The van der Waals surface area contributed by atoms with E-state index in [9.17, 15) is 9.90 Å². The summed E-state index contributed by atoms with van der Waals surface area (Å²) in [6.07, 6.45) is 1.60. The zero-order chi connectivity index (χ0) is 15.2. The van der Waals surface area contributed by atoms with E-state index in [4.69, 9.17) is 16.3 Å². The molecule has 1 aromatic rings. The first-order valence-corrected chi connectivity index (χ1v) is 8.16. The van der Waals surface area contributed by atoms with Crippen molar-refractivity contribution >= 4 is 34.1 Å². The third-order valence-corrected chi connectivity index (χ3v) is 5.64. The summed E-state index contributed by atoms with van der Waals surface area (Å²) in [5.74, 6) is 0.131. The Bertz CT molecular complexity index is 622. The summed E-state index contributed by atoms with van der Waals surface area (Å²) in [7, 11) is 0. The van der Waals surface area contributed by atoms with Crippen molar-refractivity contribution in [3.8, 4) is 0 Å². The van der Waals surface area contributed by atoms with Crippen molar-refractivity contribution in [2.45, 2.75) is 31.4 Å². The molecular weight excluding hydrogens is 308 g/mol. The fourth-order valence-corrected chi connectivity index (χ4v) is 4.75. The van der Waals surface area contributed by atoms with Crippen molar-refractivity contribution in [3.63, 3.8) is 0 Å². The predicted octanol–water partition coefficient (Wildman–Crippen LogP) is 4.05. The molecule has 1 fully saturated rings. The number of carbonyl (C=O) groups is 1. The van der Waals surface area contributed by atoms with Crippen molar-refractivity contribution in [2.24, 2.45) is 0 Å². The Morgan fingerprint density at radius 3 is 2.76 bits per heavy atom. The maximum atomic E-state index is 12.5. The normalized spacial score (nSPS) is 26.0. The van der Waals surface area contributed by atoms with Gasteiger partial charge in [0.15, 0.2) is 0 Å². The summed E-state index contributed by atoms with van der Waals surface area (Å²) in [6, 6.07) is 3.80. The van der Waals surface area contributed by atoms with Crippen LogP contribution in [-0.2, 0) is 9.53 Å². The van der Waals surface area contributed by atoms with Crippen LogP contribution in [0.3, 0.4) is 0 Å². The van der Waals surface area contributed by atoms with Crippen molar-refractivity contribution < 1.29 is 14.6 Å². The van der Waals surface area contributed by atoms with Crippen LogP contribution in [-0.4, -0.2) is 28.2 Å². The lowest BCUT2D eigenvalue weighted by molar-refractivity contribution is -0.106. The highest BCUT2D eigenvalue weighted by molar-refractivity contribution is 8.16. The van der Waals surface area contributed by atoms with Gasteiger partial charge >= 0.3 is 0 Å². The Kier molecular flexibility index (Phi) is 3.80. The van der Waals surface area contributed by atoms with Crippen molar-refractivity contribution in [1.82, 2.24) is 0 Å². The van der Waals surface area contributed by atoms with Gasteiger partial charge in [0.1, 0.15) is 10.5 Å². The van der Waals surface area contributed by atoms with Gasteiger partial charge in [-0.1, -0.05) is 29.4 Å². The van der Waals surface area contributed by atoms with E-state index >= 15 is 0 Å². The molecule has 1 saturated heterocycles. The molecule has 0 saturated carbocycles. The van der Waals surface area contributed by atoms with Crippen molar-refractivity contribution in [1.29, 1.82) is 0 Å². The van der Waals surface area contributed by atoms with E-state index in [2.05, 4.69) is 0 Å². The third kappa shape index (κ3) is 2.39. The van der Waals surface area contributed by atoms with Crippen LogP contribution < -0.4 is 0 Å². The second-order valence-electron chi connectivity index (χ2n) is 5.70. The number of ether oxygens (including phenoxy) is 1. The summed E-state index contributed by atoms with van der Waals surface area (Å²) in [4.78, 5) is 12.5. The van der Waals surface area contributed by atoms with Gasteiger partial charge in [-0.15, -0.1) is 0 Å². The van der Waals surface area contributed by atoms with Crippen LogP contribution in [0.25, 0.3) is 5.57 Å². The van der Waals surface area contributed by atoms with E-state index in [-0.39, 0.29) is 10.9 Å². The quantitative estimate of drug-likeness (QED) is 0.846. The van der Waals surface area contributed by atoms with E-state index in [1.807, 2.05) is 26.0 Å². The molecule has 3 nitrogen and oxygen atoms in total. The van der Waals surface area contributed by atoms with Crippen LogP contribution >= 0.6 is 23.4 Å². The predicted molar refractivity (Wildman–Crippen MR) is 85.9 cm³/mol. The molecule has 21 heavy (non-hydrogen) atoms.